The van der Waals surface area contributed by atoms with Gasteiger partial charge in [0.25, 0.3) is 0 Å². The van der Waals surface area contributed by atoms with E-state index in [1.54, 1.807) is 26.0 Å². The molecule has 0 unspecified atom stereocenters. The Kier molecular flexibility index (Phi) is 3.75. The fraction of sp³-hybridized carbons (Fsp3) is 0.250. The second-order valence-corrected chi connectivity index (χ2v) is 2.64. The van der Waals surface area contributed by atoms with Gasteiger partial charge in [-0.1, -0.05) is 18.1 Å². The molecule has 0 saturated carbocycles. The number of esters is 1. The van der Waals surface area contributed by atoms with E-state index in [2.05, 4.69) is 11.8 Å². The van der Waals surface area contributed by atoms with Gasteiger partial charge in [-0.05, 0) is 26.0 Å². The van der Waals surface area contributed by atoms with E-state index in [9.17, 15) is 4.79 Å². The molecular weight excluding hydrogens is 176 g/mol. The minimum absolute atomic E-state index is 0.314. The van der Waals surface area contributed by atoms with Crippen LogP contribution in [0.25, 0.3) is 0 Å². The number of hydrogen-bond donors (Lipinski definition) is 0. The topological polar surface area (TPSA) is 26.3 Å². The van der Waals surface area contributed by atoms with Gasteiger partial charge < -0.3 is 4.74 Å². The molecule has 1 rings (SSSR count). The average molecular weight is 188 g/mol. The number of carbonyl (C=O) groups excluding carboxylic acids is 1. The maximum Gasteiger partial charge on any atom is 0.339 e. The summed E-state index contributed by atoms with van der Waals surface area (Å²) in [4.78, 5) is 11.5. The molecule has 0 aliphatic rings. The molecule has 72 valence electrons. The first-order valence-electron chi connectivity index (χ1n) is 4.48. The molecule has 0 spiro atoms. The van der Waals surface area contributed by atoms with Crippen LogP contribution in [-0.4, -0.2) is 12.6 Å². The summed E-state index contributed by atoms with van der Waals surface area (Å²) in [5.41, 5.74) is 1.25. The van der Waals surface area contributed by atoms with Crippen LogP contribution in [0.3, 0.4) is 0 Å². The molecule has 1 aromatic rings. The average Bonchev–Trinajstić information content (AvgIpc) is 2.19. The molecule has 14 heavy (non-hydrogen) atoms. The van der Waals surface area contributed by atoms with Gasteiger partial charge in [0.05, 0.1) is 12.2 Å². The van der Waals surface area contributed by atoms with Crippen LogP contribution in [0.15, 0.2) is 24.3 Å². The highest BCUT2D eigenvalue weighted by Crippen LogP contribution is 2.08. The summed E-state index contributed by atoms with van der Waals surface area (Å²) in [5.74, 6) is 5.31. The lowest BCUT2D eigenvalue weighted by atomic mass is 10.1. The smallest absolute Gasteiger partial charge is 0.339 e. The highest BCUT2D eigenvalue weighted by atomic mass is 16.5. The van der Waals surface area contributed by atoms with Gasteiger partial charge in [0.15, 0.2) is 0 Å². The molecule has 2 heteroatoms. The fourth-order valence-electron chi connectivity index (χ4n) is 1.11. The normalized spacial score (nSPS) is 8.71. The Morgan fingerprint density at radius 2 is 2.14 bits per heavy atom. The minimum atomic E-state index is -0.314. The van der Waals surface area contributed by atoms with Crippen LogP contribution in [0.4, 0.5) is 0 Å². The lowest BCUT2D eigenvalue weighted by molar-refractivity contribution is 0.0526. The first-order chi connectivity index (χ1) is 6.79. The molecule has 0 bridgehead atoms. The Morgan fingerprint density at radius 1 is 1.43 bits per heavy atom. The van der Waals surface area contributed by atoms with Crippen LogP contribution in [0, 0.1) is 11.8 Å². The largest absolute Gasteiger partial charge is 0.462 e. The van der Waals surface area contributed by atoms with E-state index >= 15 is 0 Å². The molecule has 0 radical (unpaired) electrons. The quantitative estimate of drug-likeness (QED) is 0.525. The highest BCUT2D eigenvalue weighted by molar-refractivity contribution is 5.92. The van der Waals surface area contributed by atoms with Crippen molar-refractivity contribution in [2.24, 2.45) is 0 Å². The summed E-state index contributed by atoms with van der Waals surface area (Å²) in [6.45, 7) is 3.90. The predicted octanol–water partition coefficient (Wildman–Crippen LogP) is 2.23. The third-order valence-corrected chi connectivity index (χ3v) is 1.68. The van der Waals surface area contributed by atoms with Crippen molar-refractivity contribution in [3.8, 4) is 11.8 Å². The van der Waals surface area contributed by atoms with E-state index < -0.39 is 0 Å². The summed E-state index contributed by atoms with van der Waals surface area (Å²) in [5, 5.41) is 0. The van der Waals surface area contributed by atoms with Crippen molar-refractivity contribution in [2.45, 2.75) is 13.8 Å². The maximum absolute atomic E-state index is 11.5. The Bertz CT molecular complexity index is 383. The monoisotopic (exact) mass is 188 g/mol. The molecule has 0 aromatic heterocycles. The van der Waals surface area contributed by atoms with Gasteiger partial charge in [-0.2, -0.15) is 0 Å². The Labute approximate surface area is 83.9 Å². The fourth-order valence-corrected chi connectivity index (χ4v) is 1.11. The van der Waals surface area contributed by atoms with E-state index in [1.165, 1.54) is 0 Å². The lowest BCUT2D eigenvalue weighted by Crippen LogP contribution is -2.06. The summed E-state index contributed by atoms with van der Waals surface area (Å²) in [7, 11) is 0. The van der Waals surface area contributed by atoms with Crippen molar-refractivity contribution < 1.29 is 9.53 Å². The zero-order chi connectivity index (χ0) is 10.4. The van der Waals surface area contributed by atoms with Crippen molar-refractivity contribution in [3.63, 3.8) is 0 Å². The van der Waals surface area contributed by atoms with E-state index in [0.717, 1.165) is 0 Å². The van der Waals surface area contributed by atoms with Crippen LogP contribution in [0.5, 0.6) is 0 Å². The molecule has 0 heterocycles. The third-order valence-electron chi connectivity index (χ3n) is 1.68. The van der Waals surface area contributed by atoms with Gasteiger partial charge in [-0.25, -0.2) is 4.79 Å². The summed E-state index contributed by atoms with van der Waals surface area (Å²) in [6.07, 6.45) is 0. The molecule has 0 atom stereocenters. The van der Waals surface area contributed by atoms with E-state index in [0.29, 0.717) is 17.7 Å². The van der Waals surface area contributed by atoms with Crippen LogP contribution in [0.1, 0.15) is 29.8 Å². The highest BCUT2D eigenvalue weighted by Gasteiger charge is 2.09. The Hall–Kier alpha value is -1.75. The molecule has 0 saturated heterocycles. The number of hydrogen-bond acceptors (Lipinski definition) is 2. The Morgan fingerprint density at radius 3 is 2.79 bits per heavy atom. The van der Waals surface area contributed by atoms with Crippen molar-refractivity contribution in [1.29, 1.82) is 0 Å². The summed E-state index contributed by atoms with van der Waals surface area (Å²) < 4.78 is 4.91. The van der Waals surface area contributed by atoms with Gasteiger partial charge in [-0.3, -0.25) is 0 Å². The first kappa shape index (κ1) is 10.3. The van der Waals surface area contributed by atoms with Gasteiger partial charge in [0, 0.05) is 5.56 Å². The summed E-state index contributed by atoms with van der Waals surface area (Å²) in [6, 6.07) is 7.18. The van der Waals surface area contributed by atoms with Crippen molar-refractivity contribution >= 4 is 5.97 Å². The molecule has 0 aliphatic heterocycles. The van der Waals surface area contributed by atoms with Gasteiger partial charge >= 0.3 is 5.97 Å². The minimum Gasteiger partial charge on any atom is -0.462 e. The molecule has 1 aromatic carbocycles. The van der Waals surface area contributed by atoms with E-state index in [-0.39, 0.29) is 5.97 Å². The van der Waals surface area contributed by atoms with Crippen molar-refractivity contribution in [2.75, 3.05) is 6.61 Å². The van der Waals surface area contributed by atoms with Gasteiger partial charge in [0.1, 0.15) is 0 Å². The second-order valence-electron chi connectivity index (χ2n) is 2.64. The van der Waals surface area contributed by atoms with Crippen molar-refractivity contribution in [3.05, 3.63) is 35.4 Å². The summed E-state index contributed by atoms with van der Waals surface area (Å²) >= 11 is 0. The number of carbonyl (C=O) groups is 1. The van der Waals surface area contributed by atoms with Crippen LogP contribution < -0.4 is 0 Å². The number of benzene rings is 1. The standard InChI is InChI=1S/C12H12O2/c1-3-7-10-8-5-6-9-11(10)12(13)14-4-2/h5-6,8-9H,4H2,1-2H3. The first-order valence-corrected chi connectivity index (χ1v) is 4.48. The lowest BCUT2D eigenvalue weighted by Gasteiger charge is -2.03. The van der Waals surface area contributed by atoms with Crippen LogP contribution in [-0.2, 0) is 4.74 Å². The SMILES string of the molecule is CC#Cc1ccccc1C(=O)OCC. The van der Waals surface area contributed by atoms with Crippen LogP contribution >= 0.6 is 0 Å². The Balaban J connectivity index is 3.04. The zero-order valence-electron chi connectivity index (χ0n) is 8.33. The molecule has 0 aliphatic carbocycles. The van der Waals surface area contributed by atoms with E-state index in [4.69, 9.17) is 4.74 Å². The van der Waals surface area contributed by atoms with E-state index in [1.807, 2.05) is 12.1 Å². The molecular formula is C12H12O2. The molecule has 0 N–H and O–H groups in total. The molecule has 0 amide bonds. The maximum atomic E-state index is 11.5. The van der Waals surface area contributed by atoms with Crippen LogP contribution in [0.2, 0.25) is 0 Å². The molecule has 2 nitrogen and oxygen atoms in total. The molecule has 0 fully saturated rings. The predicted molar refractivity (Wildman–Crippen MR) is 55.0 cm³/mol. The number of ether oxygens (including phenoxy) is 1. The van der Waals surface area contributed by atoms with Gasteiger partial charge in [0.2, 0.25) is 0 Å². The van der Waals surface area contributed by atoms with Crippen molar-refractivity contribution in [1.82, 2.24) is 0 Å². The number of rotatable bonds is 2. The second kappa shape index (κ2) is 5.08. The van der Waals surface area contributed by atoms with Gasteiger partial charge in [-0.15, -0.1) is 5.92 Å². The third kappa shape index (κ3) is 2.37. The zero-order valence-corrected chi connectivity index (χ0v) is 8.33.